The normalized spacial score (nSPS) is 57.6. The number of hydrogen-bond donors (Lipinski definition) is 0. The molecule has 2 saturated carbocycles. The van der Waals surface area contributed by atoms with Gasteiger partial charge in [-0.2, -0.15) is 0 Å². The van der Waals surface area contributed by atoms with Gasteiger partial charge in [-0.05, 0) is 30.8 Å². The molecule has 0 aromatic heterocycles. The van der Waals surface area contributed by atoms with E-state index in [9.17, 15) is 4.79 Å². The molecule has 14 heavy (non-hydrogen) atoms. The zero-order valence-corrected chi connectivity index (χ0v) is 8.16. The van der Waals surface area contributed by atoms with Crippen LogP contribution in [0.15, 0.2) is 12.2 Å². The third kappa shape index (κ3) is 0.547. The van der Waals surface area contributed by atoms with E-state index in [1.807, 2.05) is 0 Å². The number of allylic oxidation sites excluding steroid dienone is 1. The molecule has 0 aromatic carbocycles. The Morgan fingerprint density at radius 3 is 3.14 bits per heavy atom. The van der Waals surface area contributed by atoms with Crippen molar-refractivity contribution >= 4 is 5.97 Å². The maximum absolute atomic E-state index is 11.8. The number of carbonyl (C=O) groups excluding carboxylic acids is 1. The summed E-state index contributed by atoms with van der Waals surface area (Å²) < 4.78 is 5.39. The number of rotatable bonds is 0. The van der Waals surface area contributed by atoms with E-state index in [1.54, 1.807) is 0 Å². The first-order valence-electron chi connectivity index (χ1n) is 5.68. The van der Waals surface area contributed by atoms with Gasteiger partial charge in [0.1, 0.15) is 6.10 Å². The van der Waals surface area contributed by atoms with Crippen molar-refractivity contribution in [2.24, 2.45) is 16.7 Å². The molecule has 2 heteroatoms. The van der Waals surface area contributed by atoms with E-state index in [4.69, 9.17) is 4.74 Å². The number of hydrogen-bond acceptors (Lipinski definition) is 2. The van der Waals surface area contributed by atoms with Crippen LogP contribution in [0.5, 0.6) is 0 Å². The molecule has 2 nitrogen and oxygen atoms in total. The molecule has 3 aliphatic carbocycles. The van der Waals surface area contributed by atoms with Gasteiger partial charge in [0.15, 0.2) is 0 Å². The molecule has 74 valence electrons. The zero-order chi connectivity index (χ0) is 9.39. The lowest BCUT2D eigenvalue weighted by Gasteiger charge is -2.34. The minimum absolute atomic E-state index is 0.0909. The highest BCUT2D eigenvalue weighted by Crippen LogP contribution is 2.81. The van der Waals surface area contributed by atoms with E-state index in [0.29, 0.717) is 5.41 Å². The van der Waals surface area contributed by atoms with Gasteiger partial charge in [0, 0.05) is 5.41 Å². The third-order valence-corrected chi connectivity index (χ3v) is 5.05. The molecule has 1 spiro atoms. The van der Waals surface area contributed by atoms with Crippen LogP contribution in [-0.4, -0.2) is 12.1 Å². The Morgan fingerprint density at radius 2 is 2.21 bits per heavy atom. The van der Waals surface area contributed by atoms with Gasteiger partial charge in [0.2, 0.25) is 0 Å². The average molecular weight is 190 g/mol. The molecular weight excluding hydrogens is 176 g/mol. The fourth-order valence-electron chi connectivity index (χ4n) is 4.52. The van der Waals surface area contributed by atoms with Crippen LogP contribution < -0.4 is 0 Å². The van der Waals surface area contributed by atoms with Crippen molar-refractivity contribution < 1.29 is 9.53 Å². The van der Waals surface area contributed by atoms with Crippen LogP contribution in [0.1, 0.15) is 32.1 Å². The van der Waals surface area contributed by atoms with Gasteiger partial charge in [0.05, 0.1) is 5.92 Å². The fourth-order valence-corrected chi connectivity index (χ4v) is 4.52. The SMILES string of the molecule is O=C1O[C@@H]2C=C[C@]34CCCC[C@]3(C2)[C@H]14. The van der Waals surface area contributed by atoms with Crippen molar-refractivity contribution in [3.05, 3.63) is 12.2 Å². The highest BCUT2D eigenvalue weighted by molar-refractivity contribution is 5.82. The summed E-state index contributed by atoms with van der Waals surface area (Å²) in [6, 6.07) is 0. The Labute approximate surface area is 83.3 Å². The van der Waals surface area contributed by atoms with E-state index in [1.165, 1.54) is 25.7 Å². The van der Waals surface area contributed by atoms with Crippen molar-refractivity contribution in [3.63, 3.8) is 0 Å². The summed E-state index contributed by atoms with van der Waals surface area (Å²) in [7, 11) is 0. The van der Waals surface area contributed by atoms with Gasteiger partial charge < -0.3 is 4.74 Å². The zero-order valence-electron chi connectivity index (χ0n) is 8.16. The van der Waals surface area contributed by atoms with E-state index >= 15 is 0 Å². The second kappa shape index (κ2) is 1.93. The van der Waals surface area contributed by atoms with Gasteiger partial charge in [-0.1, -0.05) is 18.9 Å². The van der Waals surface area contributed by atoms with Crippen molar-refractivity contribution in [1.82, 2.24) is 0 Å². The molecule has 3 fully saturated rings. The van der Waals surface area contributed by atoms with Crippen LogP contribution in [0.3, 0.4) is 0 Å². The first kappa shape index (κ1) is 7.49. The highest BCUT2D eigenvalue weighted by atomic mass is 16.5. The topological polar surface area (TPSA) is 26.3 Å². The molecule has 4 atom stereocenters. The van der Waals surface area contributed by atoms with Gasteiger partial charge in [-0.15, -0.1) is 0 Å². The van der Waals surface area contributed by atoms with Gasteiger partial charge in [-0.3, -0.25) is 4.79 Å². The molecule has 0 N–H and O–H groups in total. The van der Waals surface area contributed by atoms with Crippen LogP contribution >= 0.6 is 0 Å². The first-order valence-corrected chi connectivity index (χ1v) is 5.68. The standard InChI is InChI=1S/C12H14O2/c13-10-9-11-4-1-2-5-12(9,11)7-8(14-10)3-6-11/h3,6,8-9H,1-2,4-5,7H2/t8-,9-,11+,12+/m1/s1. The molecule has 2 bridgehead atoms. The summed E-state index contributed by atoms with van der Waals surface area (Å²) in [5.41, 5.74) is 0.593. The molecule has 0 aromatic rings. The van der Waals surface area contributed by atoms with Crippen molar-refractivity contribution in [3.8, 4) is 0 Å². The molecule has 4 aliphatic rings. The summed E-state index contributed by atoms with van der Waals surface area (Å²) in [6.07, 6.45) is 10.7. The van der Waals surface area contributed by atoms with E-state index < -0.39 is 0 Å². The Hall–Kier alpha value is -0.790. The van der Waals surface area contributed by atoms with Crippen LogP contribution in [0.25, 0.3) is 0 Å². The molecule has 0 amide bonds. The summed E-state index contributed by atoms with van der Waals surface area (Å²) in [6.45, 7) is 0. The van der Waals surface area contributed by atoms with Gasteiger partial charge >= 0.3 is 5.97 Å². The van der Waals surface area contributed by atoms with Crippen LogP contribution in [0.2, 0.25) is 0 Å². The van der Waals surface area contributed by atoms with E-state index in [0.717, 1.165) is 6.42 Å². The molecule has 1 aliphatic heterocycles. The van der Waals surface area contributed by atoms with Gasteiger partial charge in [0.25, 0.3) is 0 Å². The minimum Gasteiger partial charge on any atom is -0.458 e. The molecular formula is C12H14O2. The van der Waals surface area contributed by atoms with Crippen LogP contribution in [-0.2, 0) is 9.53 Å². The second-order valence-electron chi connectivity index (χ2n) is 5.38. The second-order valence-corrected chi connectivity index (χ2v) is 5.38. The van der Waals surface area contributed by atoms with Crippen molar-refractivity contribution in [2.45, 2.75) is 38.2 Å². The van der Waals surface area contributed by atoms with E-state index in [-0.39, 0.29) is 23.4 Å². The largest absolute Gasteiger partial charge is 0.458 e. The average Bonchev–Trinajstić information content (AvgIpc) is 2.83. The molecule has 4 rings (SSSR count). The van der Waals surface area contributed by atoms with Crippen LogP contribution in [0.4, 0.5) is 0 Å². The fraction of sp³-hybridized carbons (Fsp3) is 0.750. The lowest BCUT2D eigenvalue weighted by molar-refractivity contribution is -0.154. The Morgan fingerprint density at radius 1 is 1.36 bits per heavy atom. The molecule has 1 heterocycles. The first-order chi connectivity index (χ1) is 6.79. The predicted octanol–water partition coefficient (Wildman–Crippen LogP) is 2.05. The number of fused-ring (bicyclic) bond motifs is 1. The maximum atomic E-state index is 11.8. The highest BCUT2D eigenvalue weighted by Gasteiger charge is 2.81. The van der Waals surface area contributed by atoms with E-state index in [2.05, 4.69) is 12.2 Å². The predicted molar refractivity (Wildman–Crippen MR) is 50.5 cm³/mol. The monoisotopic (exact) mass is 190 g/mol. The Bertz CT molecular complexity index is 359. The van der Waals surface area contributed by atoms with Gasteiger partial charge in [-0.25, -0.2) is 0 Å². The summed E-state index contributed by atoms with van der Waals surface area (Å²) in [4.78, 5) is 11.8. The lowest BCUT2D eigenvalue weighted by Crippen LogP contribution is -2.32. The molecule has 1 saturated heterocycles. The number of ether oxygens (including phenoxy) is 1. The summed E-state index contributed by atoms with van der Waals surface area (Å²) >= 11 is 0. The minimum atomic E-state index is 0.0909. The van der Waals surface area contributed by atoms with Crippen molar-refractivity contribution in [1.29, 1.82) is 0 Å². The summed E-state index contributed by atoms with van der Waals surface area (Å²) in [5.74, 6) is 0.320. The third-order valence-electron chi connectivity index (χ3n) is 5.05. The maximum Gasteiger partial charge on any atom is 0.311 e. The molecule has 0 radical (unpaired) electrons. The Kier molecular flexibility index (Phi) is 1.03. The lowest BCUT2D eigenvalue weighted by atomic mass is 9.73. The smallest absolute Gasteiger partial charge is 0.311 e. The Balaban J connectivity index is 1.90. The number of esters is 1. The quantitative estimate of drug-likeness (QED) is 0.431. The van der Waals surface area contributed by atoms with Crippen molar-refractivity contribution in [2.75, 3.05) is 0 Å². The molecule has 0 unspecified atom stereocenters. The number of carbonyl (C=O) groups is 1. The van der Waals surface area contributed by atoms with Crippen LogP contribution in [0, 0.1) is 16.7 Å². The summed E-state index contributed by atoms with van der Waals surface area (Å²) in [5, 5.41) is 0.